The molecule has 1 N–H and O–H groups in total. The van der Waals surface area contributed by atoms with Gasteiger partial charge in [0.2, 0.25) is 0 Å². The van der Waals surface area contributed by atoms with Gasteiger partial charge in [-0.15, -0.1) is 0 Å². The quantitative estimate of drug-likeness (QED) is 0.757. The van der Waals surface area contributed by atoms with E-state index >= 15 is 0 Å². The van der Waals surface area contributed by atoms with E-state index in [1.54, 1.807) is 0 Å². The summed E-state index contributed by atoms with van der Waals surface area (Å²) in [5.41, 5.74) is 1.20. The predicted molar refractivity (Wildman–Crippen MR) is 66.0 cm³/mol. The van der Waals surface area contributed by atoms with Gasteiger partial charge >= 0.3 is 0 Å². The number of nitrogens with zero attached hydrogens (tertiary/aromatic N) is 2. The summed E-state index contributed by atoms with van der Waals surface area (Å²) < 4.78 is 0. The first-order valence-corrected chi connectivity index (χ1v) is 6.30. The number of pyridine rings is 1. The highest BCUT2D eigenvalue weighted by molar-refractivity contribution is 6.29. The van der Waals surface area contributed by atoms with Gasteiger partial charge in [0.15, 0.2) is 0 Å². The van der Waals surface area contributed by atoms with Crippen LogP contribution in [-0.2, 0) is 0 Å². The molecule has 2 atom stereocenters. The second-order valence-corrected chi connectivity index (χ2v) is 5.07. The van der Waals surface area contributed by atoms with E-state index < -0.39 is 0 Å². The molecule has 2 aliphatic rings. The van der Waals surface area contributed by atoms with Crippen LogP contribution in [0.3, 0.4) is 0 Å². The van der Waals surface area contributed by atoms with Crippen molar-refractivity contribution in [2.45, 2.75) is 18.9 Å². The van der Waals surface area contributed by atoms with Crippen LogP contribution in [0, 0.1) is 5.92 Å². The molecule has 2 aliphatic heterocycles. The molecule has 1 aromatic heterocycles. The summed E-state index contributed by atoms with van der Waals surface area (Å²) in [5.74, 6) is 0.810. The first-order chi connectivity index (χ1) is 7.83. The lowest BCUT2D eigenvalue weighted by Crippen LogP contribution is -2.44. The second kappa shape index (κ2) is 4.22. The molecule has 1 aromatic rings. The topological polar surface area (TPSA) is 28.2 Å². The van der Waals surface area contributed by atoms with E-state index in [0.717, 1.165) is 25.0 Å². The molecular formula is C12H16ClN3. The zero-order valence-corrected chi connectivity index (χ0v) is 9.95. The number of hydrogen-bond acceptors (Lipinski definition) is 3. The van der Waals surface area contributed by atoms with Crippen molar-refractivity contribution < 1.29 is 0 Å². The van der Waals surface area contributed by atoms with Crippen molar-refractivity contribution in [2.24, 2.45) is 5.92 Å². The Morgan fingerprint density at radius 2 is 2.31 bits per heavy atom. The third-order valence-electron chi connectivity index (χ3n) is 3.73. The van der Waals surface area contributed by atoms with Gasteiger partial charge in [0.05, 0.1) is 11.9 Å². The Kier molecular flexibility index (Phi) is 2.74. The van der Waals surface area contributed by atoms with Crippen molar-refractivity contribution in [3.05, 3.63) is 23.5 Å². The lowest BCUT2D eigenvalue weighted by molar-refractivity contribution is 0.376. The molecular weight excluding hydrogens is 222 g/mol. The van der Waals surface area contributed by atoms with Crippen LogP contribution in [-0.4, -0.2) is 30.7 Å². The molecule has 0 spiro atoms. The van der Waals surface area contributed by atoms with Crippen LogP contribution in [0.25, 0.3) is 0 Å². The number of anilines is 1. The second-order valence-electron chi connectivity index (χ2n) is 4.68. The van der Waals surface area contributed by atoms with Crippen molar-refractivity contribution in [3.63, 3.8) is 0 Å². The van der Waals surface area contributed by atoms with Crippen molar-refractivity contribution in [3.8, 4) is 0 Å². The first kappa shape index (κ1) is 10.4. The maximum absolute atomic E-state index is 5.80. The fourth-order valence-electron chi connectivity index (χ4n) is 2.84. The van der Waals surface area contributed by atoms with Crippen molar-refractivity contribution >= 4 is 17.3 Å². The molecule has 86 valence electrons. The van der Waals surface area contributed by atoms with Gasteiger partial charge in [-0.1, -0.05) is 11.6 Å². The molecule has 0 aliphatic carbocycles. The Labute approximate surface area is 101 Å². The summed E-state index contributed by atoms with van der Waals surface area (Å²) in [4.78, 5) is 6.58. The predicted octanol–water partition coefficient (Wildman–Crippen LogP) is 1.92. The van der Waals surface area contributed by atoms with Gasteiger partial charge in [-0.3, -0.25) is 0 Å². The highest BCUT2D eigenvalue weighted by Gasteiger charge is 2.32. The monoisotopic (exact) mass is 237 g/mol. The first-order valence-electron chi connectivity index (χ1n) is 5.93. The van der Waals surface area contributed by atoms with Crippen LogP contribution in [0.4, 0.5) is 5.69 Å². The average Bonchev–Trinajstić information content (AvgIpc) is 2.77. The molecule has 3 nitrogen and oxygen atoms in total. The molecule has 16 heavy (non-hydrogen) atoms. The van der Waals surface area contributed by atoms with E-state index in [2.05, 4.69) is 21.3 Å². The summed E-state index contributed by atoms with van der Waals surface area (Å²) >= 11 is 5.80. The van der Waals surface area contributed by atoms with Gasteiger partial charge in [0.25, 0.3) is 0 Å². The summed E-state index contributed by atoms with van der Waals surface area (Å²) in [6, 6.07) is 4.69. The molecule has 2 saturated heterocycles. The molecule has 4 heteroatoms. The normalized spacial score (nSPS) is 29.2. The third kappa shape index (κ3) is 1.89. The average molecular weight is 238 g/mol. The van der Waals surface area contributed by atoms with Gasteiger partial charge in [-0.25, -0.2) is 4.98 Å². The molecule has 0 bridgehead atoms. The Balaban J connectivity index is 1.74. The van der Waals surface area contributed by atoms with Crippen LogP contribution in [0.5, 0.6) is 0 Å². The highest BCUT2D eigenvalue weighted by atomic mass is 35.5. The van der Waals surface area contributed by atoms with E-state index in [1.165, 1.54) is 25.1 Å². The minimum Gasteiger partial charge on any atom is -0.370 e. The minimum absolute atomic E-state index is 0.571. The number of aromatic nitrogens is 1. The zero-order valence-electron chi connectivity index (χ0n) is 9.19. The number of halogens is 1. The van der Waals surface area contributed by atoms with Gasteiger partial charge < -0.3 is 10.2 Å². The van der Waals surface area contributed by atoms with E-state index in [9.17, 15) is 0 Å². The Bertz CT molecular complexity index is 365. The number of fused-ring (bicyclic) bond motifs is 1. The standard InChI is InChI=1S/C12H16ClN3/c13-12-2-1-10(7-15-12)16-6-4-11-9(8-16)3-5-14-11/h1-2,7,9,11,14H,3-6,8H2/t9-,11+/m1/s1. The maximum Gasteiger partial charge on any atom is 0.129 e. The lowest BCUT2D eigenvalue weighted by Gasteiger charge is -2.36. The number of hydrogen-bond donors (Lipinski definition) is 1. The summed E-state index contributed by atoms with van der Waals surface area (Å²) in [6.45, 7) is 3.46. The third-order valence-corrected chi connectivity index (χ3v) is 3.96. The van der Waals surface area contributed by atoms with E-state index in [1.807, 2.05) is 12.3 Å². The van der Waals surface area contributed by atoms with Gasteiger partial charge in [-0.2, -0.15) is 0 Å². The van der Waals surface area contributed by atoms with Crippen molar-refractivity contribution in [2.75, 3.05) is 24.5 Å². The van der Waals surface area contributed by atoms with E-state index in [4.69, 9.17) is 11.6 Å². The zero-order chi connectivity index (χ0) is 11.0. The molecule has 2 fully saturated rings. The smallest absolute Gasteiger partial charge is 0.129 e. The van der Waals surface area contributed by atoms with Gasteiger partial charge in [-0.05, 0) is 37.4 Å². The Morgan fingerprint density at radius 1 is 1.38 bits per heavy atom. The Hall–Kier alpha value is -0.800. The summed E-state index contributed by atoms with van der Waals surface area (Å²) in [5, 5.41) is 4.15. The van der Waals surface area contributed by atoms with Crippen LogP contribution in [0.15, 0.2) is 18.3 Å². The fraction of sp³-hybridized carbons (Fsp3) is 0.583. The number of nitrogens with one attached hydrogen (secondary N) is 1. The van der Waals surface area contributed by atoms with Gasteiger partial charge in [0.1, 0.15) is 5.15 Å². The molecule has 3 heterocycles. The molecule has 0 radical (unpaired) electrons. The number of rotatable bonds is 1. The lowest BCUT2D eigenvalue weighted by atomic mass is 9.93. The number of piperidine rings is 1. The van der Waals surface area contributed by atoms with Crippen molar-refractivity contribution in [1.82, 2.24) is 10.3 Å². The van der Waals surface area contributed by atoms with Gasteiger partial charge in [0, 0.05) is 19.1 Å². The molecule has 0 amide bonds. The minimum atomic E-state index is 0.571. The largest absolute Gasteiger partial charge is 0.370 e. The molecule has 3 rings (SSSR count). The SMILES string of the molecule is Clc1ccc(N2CC[C@@H]3NCC[C@@H]3C2)cn1. The summed E-state index contributed by atoms with van der Waals surface area (Å²) in [6.07, 6.45) is 4.43. The van der Waals surface area contributed by atoms with Crippen molar-refractivity contribution in [1.29, 1.82) is 0 Å². The molecule has 0 unspecified atom stereocenters. The summed E-state index contributed by atoms with van der Waals surface area (Å²) in [7, 11) is 0. The van der Waals surface area contributed by atoms with Crippen LogP contribution >= 0.6 is 11.6 Å². The van der Waals surface area contributed by atoms with Crippen LogP contribution in [0.2, 0.25) is 5.15 Å². The highest BCUT2D eigenvalue weighted by Crippen LogP contribution is 2.28. The van der Waals surface area contributed by atoms with Crippen LogP contribution in [0.1, 0.15) is 12.8 Å². The Morgan fingerprint density at radius 3 is 3.12 bits per heavy atom. The van der Waals surface area contributed by atoms with E-state index in [0.29, 0.717) is 5.15 Å². The fourth-order valence-corrected chi connectivity index (χ4v) is 2.95. The van der Waals surface area contributed by atoms with E-state index in [-0.39, 0.29) is 0 Å². The molecule has 0 saturated carbocycles. The van der Waals surface area contributed by atoms with Crippen LogP contribution < -0.4 is 10.2 Å². The maximum atomic E-state index is 5.80. The molecule has 0 aromatic carbocycles.